The molecule has 1 N–H and O–H groups in total. The molecule has 26 heavy (non-hydrogen) atoms. The van der Waals surface area contributed by atoms with E-state index in [0.717, 1.165) is 12.1 Å². The van der Waals surface area contributed by atoms with Gasteiger partial charge >= 0.3 is 0 Å². The van der Waals surface area contributed by atoms with Crippen LogP contribution in [0.25, 0.3) is 0 Å². The fourth-order valence-electron chi connectivity index (χ4n) is 2.54. The summed E-state index contributed by atoms with van der Waals surface area (Å²) < 4.78 is 62.9. The van der Waals surface area contributed by atoms with Crippen LogP contribution in [0.5, 0.6) is 23.0 Å². The number of nitrogens with one attached hydrogen (secondary N) is 1. The van der Waals surface area contributed by atoms with E-state index in [1.807, 2.05) is 0 Å². The van der Waals surface area contributed by atoms with Gasteiger partial charge in [0, 0.05) is 32.0 Å². The van der Waals surface area contributed by atoms with Crippen LogP contribution in [0.3, 0.4) is 0 Å². The second-order valence-electron chi connectivity index (χ2n) is 6.01. The van der Waals surface area contributed by atoms with Crippen LogP contribution >= 0.6 is 0 Å². The summed E-state index contributed by atoms with van der Waals surface area (Å²) in [7, 11) is -1.54. The number of ether oxygens (including phenoxy) is 4. The van der Waals surface area contributed by atoms with E-state index in [1.165, 1.54) is 26.4 Å². The van der Waals surface area contributed by atoms with Crippen LogP contribution in [0.1, 0.15) is 13.8 Å². The number of halogens is 1. The molecule has 0 aromatic heterocycles. The second-order valence-corrected chi connectivity index (χ2v) is 7.66. The Bertz CT molecular complexity index is 958. The molecule has 1 aliphatic heterocycles. The normalized spacial score (nSPS) is 14.8. The van der Waals surface area contributed by atoms with E-state index in [9.17, 15) is 12.8 Å². The molecule has 0 amide bonds. The summed E-state index contributed by atoms with van der Waals surface area (Å²) in [6.45, 7) is 3.46. The molecular formula is C17H18FNO6S. The minimum Gasteiger partial charge on any atom is -0.493 e. The molecule has 0 bridgehead atoms. The molecular weight excluding hydrogens is 365 g/mol. The molecule has 9 heteroatoms. The van der Waals surface area contributed by atoms with Gasteiger partial charge in [0.05, 0.1) is 19.9 Å². The highest BCUT2D eigenvalue weighted by atomic mass is 32.2. The van der Waals surface area contributed by atoms with Gasteiger partial charge in [0.2, 0.25) is 5.79 Å². The van der Waals surface area contributed by atoms with Crippen LogP contribution in [0, 0.1) is 5.82 Å². The Morgan fingerprint density at radius 2 is 1.62 bits per heavy atom. The van der Waals surface area contributed by atoms with Gasteiger partial charge in [-0.25, -0.2) is 12.8 Å². The summed E-state index contributed by atoms with van der Waals surface area (Å²) in [6, 6.07) is 6.56. The highest BCUT2D eigenvalue weighted by Crippen LogP contribution is 2.41. The second kappa shape index (κ2) is 6.24. The van der Waals surface area contributed by atoms with E-state index >= 15 is 0 Å². The minimum absolute atomic E-state index is 0.0919. The molecule has 3 rings (SSSR count). The van der Waals surface area contributed by atoms with Crippen molar-refractivity contribution in [1.29, 1.82) is 0 Å². The molecule has 0 spiro atoms. The Balaban J connectivity index is 1.94. The minimum atomic E-state index is -4.20. The first-order valence-electron chi connectivity index (χ1n) is 7.61. The lowest BCUT2D eigenvalue weighted by molar-refractivity contribution is -0.0431. The highest BCUT2D eigenvalue weighted by molar-refractivity contribution is 7.92. The van der Waals surface area contributed by atoms with Crippen molar-refractivity contribution in [2.45, 2.75) is 24.5 Å². The average molecular weight is 383 g/mol. The fraction of sp³-hybridized carbons (Fsp3) is 0.294. The van der Waals surface area contributed by atoms with Crippen molar-refractivity contribution in [3.63, 3.8) is 0 Å². The third kappa shape index (κ3) is 3.34. The first-order valence-corrected chi connectivity index (χ1v) is 9.10. The van der Waals surface area contributed by atoms with Crippen LogP contribution in [-0.2, 0) is 10.0 Å². The Kier molecular flexibility index (Phi) is 4.35. The maximum absolute atomic E-state index is 14.3. The first-order chi connectivity index (χ1) is 12.1. The maximum Gasteiger partial charge on any atom is 0.264 e. The van der Waals surface area contributed by atoms with E-state index in [0.29, 0.717) is 11.5 Å². The third-order valence-electron chi connectivity index (χ3n) is 3.64. The largest absolute Gasteiger partial charge is 0.493 e. The molecule has 0 fully saturated rings. The van der Waals surface area contributed by atoms with Crippen molar-refractivity contribution in [1.82, 2.24) is 0 Å². The predicted molar refractivity (Wildman–Crippen MR) is 92.1 cm³/mol. The summed E-state index contributed by atoms with van der Waals surface area (Å²) >= 11 is 0. The SMILES string of the molecule is COc1cc(F)c(S(=O)(=O)Nc2ccc3c(c2)OC(C)(C)O3)cc1OC. The van der Waals surface area contributed by atoms with Gasteiger partial charge < -0.3 is 18.9 Å². The Labute approximate surface area is 150 Å². The monoisotopic (exact) mass is 383 g/mol. The smallest absolute Gasteiger partial charge is 0.264 e. The molecule has 0 atom stereocenters. The molecule has 2 aromatic carbocycles. The number of rotatable bonds is 5. The van der Waals surface area contributed by atoms with Crippen LogP contribution in [0.15, 0.2) is 35.2 Å². The molecule has 2 aromatic rings. The lowest BCUT2D eigenvalue weighted by Gasteiger charge is -2.16. The molecule has 7 nitrogen and oxygen atoms in total. The zero-order valence-corrected chi connectivity index (χ0v) is 15.4. The van der Waals surface area contributed by atoms with E-state index in [1.54, 1.807) is 19.9 Å². The van der Waals surface area contributed by atoms with Crippen molar-refractivity contribution >= 4 is 15.7 Å². The molecule has 0 aliphatic carbocycles. The van der Waals surface area contributed by atoms with Crippen LogP contribution in [-0.4, -0.2) is 28.4 Å². The molecule has 0 unspecified atom stereocenters. The quantitative estimate of drug-likeness (QED) is 0.854. The molecule has 1 heterocycles. The van der Waals surface area contributed by atoms with Crippen molar-refractivity contribution in [3.05, 3.63) is 36.1 Å². The third-order valence-corrected chi connectivity index (χ3v) is 5.03. The lowest BCUT2D eigenvalue weighted by Crippen LogP contribution is -2.29. The Morgan fingerprint density at radius 3 is 2.27 bits per heavy atom. The molecule has 1 aliphatic rings. The van der Waals surface area contributed by atoms with Gasteiger partial charge in [0.25, 0.3) is 10.0 Å². The standard InChI is InChI=1S/C17H18FNO6S/c1-17(2)24-12-6-5-10(7-15(12)25-17)19-26(20,21)16-9-14(23-4)13(22-3)8-11(16)18/h5-9,19H,1-4H3. The number of hydrogen-bond acceptors (Lipinski definition) is 6. The Morgan fingerprint density at radius 1 is 1.00 bits per heavy atom. The summed E-state index contributed by atoms with van der Waals surface area (Å²) in [5, 5.41) is 0. The topological polar surface area (TPSA) is 83.1 Å². The molecule has 0 radical (unpaired) electrons. The summed E-state index contributed by atoms with van der Waals surface area (Å²) in [5.74, 6) is -0.721. The van der Waals surface area contributed by atoms with Crippen LogP contribution in [0.2, 0.25) is 0 Å². The van der Waals surface area contributed by atoms with E-state index in [2.05, 4.69) is 4.72 Å². The number of anilines is 1. The molecule has 0 saturated heterocycles. The van der Waals surface area contributed by atoms with Gasteiger partial charge in [-0.2, -0.15) is 0 Å². The van der Waals surface area contributed by atoms with Crippen LogP contribution < -0.4 is 23.7 Å². The maximum atomic E-state index is 14.3. The first kappa shape index (κ1) is 18.1. The fourth-order valence-corrected chi connectivity index (χ4v) is 3.66. The van der Waals surface area contributed by atoms with Gasteiger partial charge in [-0.05, 0) is 12.1 Å². The number of sulfonamides is 1. The lowest BCUT2D eigenvalue weighted by atomic mass is 10.3. The van der Waals surface area contributed by atoms with E-state index in [4.69, 9.17) is 18.9 Å². The summed E-state index contributed by atoms with van der Waals surface area (Å²) in [4.78, 5) is -0.562. The number of fused-ring (bicyclic) bond motifs is 1. The van der Waals surface area contributed by atoms with E-state index < -0.39 is 26.5 Å². The Hall–Kier alpha value is -2.68. The van der Waals surface area contributed by atoms with Gasteiger partial charge in [0.1, 0.15) is 10.7 Å². The highest BCUT2D eigenvalue weighted by Gasteiger charge is 2.32. The van der Waals surface area contributed by atoms with Crippen LogP contribution in [0.4, 0.5) is 10.1 Å². The number of methoxy groups -OCH3 is 2. The summed E-state index contributed by atoms with van der Waals surface area (Å²) in [5.41, 5.74) is 0.208. The van der Waals surface area contributed by atoms with Gasteiger partial charge in [-0.3, -0.25) is 4.72 Å². The zero-order chi connectivity index (χ0) is 19.1. The van der Waals surface area contributed by atoms with Crippen molar-refractivity contribution in [2.75, 3.05) is 18.9 Å². The van der Waals surface area contributed by atoms with Gasteiger partial charge in [0.15, 0.2) is 23.0 Å². The predicted octanol–water partition coefficient (Wildman–Crippen LogP) is 3.15. The number of hydrogen-bond donors (Lipinski definition) is 1. The molecule has 140 valence electrons. The van der Waals surface area contributed by atoms with Crippen molar-refractivity contribution < 1.29 is 31.8 Å². The van der Waals surface area contributed by atoms with Gasteiger partial charge in [-0.1, -0.05) is 0 Å². The van der Waals surface area contributed by atoms with E-state index in [-0.39, 0.29) is 17.2 Å². The van der Waals surface area contributed by atoms with Crippen molar-refractivity contribution in [2.24, 2.45) is 0 Å². The van der Waals surface area contributed by atoms with Gasteiger partial charge in [-0.15, -0.1) is 0 Å². The zero-order valence-electron chi connectivity index (χ0n) is 14.6. The summed E-state index contributed by atoms with van der Waals surface area (Å²) in [6.07, 6.45) is 0. The number of benzene rings is 2. The average Bonchev–Trinajstić information content (AvgIpc) is 2.86. The molecule has 0 saturated carbocycles. The van der Waals surface area contributed by atoms with Crippen molar-refractivity contribution in [3.8, 4) is 23.0 Å².